The Labute approximate surface area is 127 Å². The molecule has 0 saturated heterocycles. The zero-order chi connectivity index (χ0) is 15.9. The van der Waals surface area contributed by atoms with Gasteiger partial charge in [0, 0.05) is 19.0 Å². The maximum absolute atomic E-state index is 14.3. The molecule has 0 atom stereocenters. The minimum Gasteiger partial charge on any atom is -0.468 e. The third-order valence-corrected chi connectivity index (χ3v) is 4.12. The van der Waals surface area contributed by atoms with Crippen molar-refractivity contribution in [2.75, 3.05) is 20.7 Å². The Morgan fingerprint density at radius 3 is 2.91 bits per heavy atom. The number of benzene rings is 1. The molecule has 0 N–H and O–H groups in total. The largest absolute Gasteiger partial charge is 0.468 e. The predicted octanol–water partition coefficient (Wildman–Crippen LogP) is 1.97. The second-order valence-electron chi connectivity index (χ2n) is 5.46. The minimum absolute atomic E-state index is 0.178. The summed E-state index contributed by atoms with van der Waals surface area (Å²) >= 11 is 0. The fourth-order valence-electron chi connectivity index (χ4n) is 3.06. The van der Waals surface area contributed by atoms with Crippen molar-refractivity contribution in [2.24, 2.45) is 0 Å². The van der Waals surface area contributed by atoms with Crippen LogP contribution >= 0.6 is 0 Å². The first-order chi connectivity index (χ1) is 10.5. The molecule has 0 radical (unpaired) electrons. The van der Waals surface area contributed by atoms with Crippen molar-refractivity contribution in [1.82, 2.24) is 9.47 Å². The first kappa shape index (κ1) is 14.6. The lowest BCUT2D eigenvalue weighted by molar-refractivity contribution is -0.141. The third-order valence-electron chi connectivity index (χ3n) is 4.12. The van der Waals surface area contributed by atoms with Crippen molar-refractivity contribution in [3.8, 4) is 0 Å². The summed E-state index contributed by atoms with van der Waals surface area (Å²) < 4.78 is 20.5. The summed E-state index contributed by atoms with van der Waals surface area (Å²) in [5.41, 5.74) is 1.50. The van der Waals surface area contributed by atoms with Crippen LogP contribution in [0.4, 0.5) is 4.39 Å². The van der Waals surface area contributed by atoms with Crippen LogP contribution in [0.5, 0.6) is 0 Å². The molecule has 0 saturated carbocycles. The van der Waals surface area contributed by atoms with Gasteiger partial charge in [-0.15, -0.1) is 0 Å². The number of esters is 1. The normalized spacial score (nSPS) is 14.9. The fraction of sp³-hybridized carbons (Fsp3) is 0.375. The number of hydrogen-bond acceptors (Lipinski definition) is 3. The molecule has 1 aromatic carbocycles. The van der Waals surface area contributed by atoms with E-state index in [2.05, 4.69) is 4.74 Å². The van der Waals surface area contributed by atoms with Crippen molar-refractivity contribution in [3.05, 3.63) is 35.3 Å². The number of aryl methyl sites for hydroxylation is 1. The Kier molecular flexibility index (Phi) is 3.60. The first-order valence-electron chi connectivity index (χ1n) is 7.16. The van der Waals surface area contributed by atoms with Gasteiger partial charge in [-0.3, -0.25) is 9.59 Å². The van der Waals surface area contributed by atoms with Gasteiger partial charge in [0.2, 0.25) is 0 Å². The van der Waals surface area contributed by atoms with Gasteiger partial charge in [-0.05, 0) is 24.5 Å². The summed E-state index contributed by atoms with van der Waals surface area (Å²) in [5, 5.41) is 0.697. The molecule has 0 bridgehead atoms. The molecule has 0 spiro atoms. The average Bonchev–Trinajstić information content (AvgIpc) is 2.72. The SMILES string of the molecule is COC(=O)Cn1c2c(c3cccc(F)c31)CCCN(C)C2=O. The van der Waals surface area contributed by atoms with Crippen molar-refractivity contribution in [1.29, 1.82) is 0 Å². The van der Waals surface area contributed by atoms with Crippen molar-refractivity contribution < 1.29 is 18.7 Å². The number of ether oxygens (including phenoxy) is 1. The van der Waals surface area contributed by atoms with Crippen LogP contribution < -0.4 is 0 Å². The van der Waals surface area contributed by atoms with Gasteiger partial charge in [0.05, 0.1) is 12.6 Å². The number of rotatable bonds is 2. The van der Waals surface area contributed by atoms with Gasteiger partial charge in [0.1, 0.15) is 18.1 Å². The molecule has 5 nitrogen and oxygen atoms in total. The van der Waals surface area contributed by atoms with Gasteiger partial charge < -0.3 is 14.2 Å². The second-order valence-corrected chi connectivity index (χ2v) is 5.46. The molecule has 2 aromatic rings. The summed E-state index contributed by atoms with van der Waals surface area (Å²) in [6.07, 6.45) is 1.49. The third kappa shape index (κ3) is 2.15. The number of nitrogens with zero attached hydrogens (tertiary/aromatic N) is 2. The number of carbonyl (C=O) groups is 2. The number of carbonyl (C=O) groups excluding carboxylic acids is 2. The lowest BCUT2D eigenvalue weighted by atomic mass is 10.1. The van der Waals surface area contributed by atoms with Crippen molar-refractivity contribution in [3.63, 3.8) is 0 Å². The molecule has 6 heteroatoms. The van der Waals surface area contributed by atoms with Crippen LogP contribution in [0.2, 0.25) is 0 Å². The van der Waals surface area contributed by atoms with Crippen LogP contribution in [0.15, 0.2) is 18.2 Å². The van der Waals surface area contributed by atoms with Gasteiger partial charge in [0.15, 0.2) is 0 Å². The van der Waals surface area contributed by atoms with Gasteiger partial charge in [-0.25, -0.2) is 4.39 Å². The number of fused-ring (bicyclic) bond motifs is 3. The Morgan fingerprint density at radius 1 is 1.41 bits per heavy atom. The molecule has 0 fully saturated rings. The second kappa shape index (κ2) is 5.44. The number of hydrogen-bond donors (Lipinski definition) is 0. The Hall–Kier alpha value is -2.37. The molecule has 1 aromatic heterocycles. The molecule has 0 unspecified atom stereocenters. The van der Waals surface area contributed by atoms with Gasteiger partial charge >= 0.3 is 5.97 Å². The molecular weight excluding hydrogens is 287 g/mol. The van der Waals surface area contributed by atoms with Crippen LogP contribution in [0.1, 0.15) is 22.5 Å². The Bertz CT molecular complexity index is 766. The van der Waals surface area contributed by atoms with E-state index in [1.807, 2.05) is 0 Å². The number of amides is 1. The lowest BCUT2D eigenvalue weighted by Crippen LogP contribution is -2.29. The van der Waals surface area contributed by atoms with E-state index in [4.69, 9.17) is 0 Å². The van der Waals surface area contributed by atoms with E-state index < -0.39 is 11.8 Å². The van der Waals surface area contributed by atoms with Crippen molar-refractivity contribution in [2.45, 2.75) is 19.4 Å². The molecule has 1 aliphatic heterocycles. The number of halogens is 1. The molecule has 2 heterocycles. The zero-order valence-electron chi connectivity index (χ0n) is 12.6. The van der Waals surface area contributed by atoms with E-state index in [9.17, 15) is 14.0 Å². The molecule has 0 aliphatic carbocycles. The Balaban J connectivity index is 2.32. The van der Waals surface area contributed by atoms with E-state index in [0.717, 1.165) is 12.0 Å². The highest BCUT2D eigenvalue weighted by atomic mass is 19.1. The lowest BCUT2D eigenvalue weighted by Gasteiger charge is -2.16. The standard InChI is InChI=1S/C16H17FN2O3/c1-18-8-4-6-11-10-5-3-7-12(17)14(10)19(9-13(20)22-2)15(11)16(18)21/h3,5,7H,4,6,8-9H2,1-2H3. The minimum atomic E-state index is -0.511. The van der Waals surface area contributed by atoms with Crippen LogP contribution in [0.25, 0.3) is 10.9 Å². The van der Waals surface area contributed by atoms with E-state index in [0.29, 0.717) is 29.6 Å². The molecular formula is C16H17FN2O3. The summed E-state index contributed by atoms with van der Waals surface area (Å²) in [7, 11) is 2.99. The van der Waals surface area contributed by atoms with Crippen LogP contribution in [0.3, 0.4) is 0 Å². The summed E-state index contributed by atoms with van der Waals surface area (Å²) in [5.74, 6) is -1.14. The van der Waals surface area contributed by atoms with Gasteiger partial charge in [-0.1, -0.05) is 12.1 Å². The highest BCUT2D eigenvalue weighted by molar-refractivity contribution is 6.02. The average molecular weight is 304 g/mol. The van der Waals surface area contributed by atoms with Crippen molar-refractivity contribution >= 4 is 22.8 Å². The van der Waals surface area contributed by atoms with Crippen LogP contribution in [-0.4, -0.2) is 42.0 Å². The summed E-state index contributed by atoms with van der Waals surface area (Å²) in [4.78, 5) is 25.9. The van der Waals surface area contributed by atoms with E-state index in [1.54, 1.807) is 24.1 Å². The van der Waals surface area contributed by atoms with Gasteiger partial charge in [0.25, 0.3) is 5.91 Å². The summed E-state index contributed by atoms with van der Waals surface area (Å²) in [6, 6.07) is 4.76. The first-order valence-corrected chi connectivity index (χ1v) is 7.16. The predicted molar refractivity (Wildman–Crippen MR) is 79.2 cm³/mol. The molecule has 1 amide bonds. The molecule has 116 valence electrons. The highest BCUT2D eigenvalue weighted by Gasteiger charge is 2.29. The maximum Gasteiger partial charge on any atom is 0.325 e. The smallest absolute Gasteiger partial charge is 0.325 e. The number of aromatic nitrogens is 1. The Morgan fingerprint density at radius 2 is 2.18 bits per heavy atom. The topological polar surface area (TPSA) is 51.5 Å². The molecule has 3 rings (SSSR count). The number of methoxy groups -OCH3 is 1. The van der Waals surface area contributed by atoms with Crippen LogP contribution in [-0.2, 0) is 22.5 Å². The highest BCUT2D eigenvalue weighted by Crippen LogP contribution is 2.31. The molecule has 22 heavy (non-hydrogen) atoms. The zero-order valence-corrected chi connectivity index (χ0v) is 12.6. The monoisotopic (exact) mass is 304 g/mol. The quantitative estimate of drug-likeness (QED) is 0.797. The molecule has 1 aliphatic rings. The van der Waals surface area contributed by atoms with E-state index in [-0.39, 0.29) is 12.5 Å². The van der Waals surface area contributed by atoms with Gasteiger partial charge in [-0.2, -0.15) is 0 Å². The van der Waals surface area contributed by atoms with E-state index >= 15 is 0 Å². The fourth-order valence-corrected chi connectivity index (χ4v) is 3.06. The summed E-state index contributed by atoms with van der Waals surface area (Å²) in [6.45, 7) is 0.464. The van der Waals surface area contributed by atoms with Crippen LogP contribution in [0, 0.1) is 5.82 Å². The maximum atomic E-state index is 14.3. The van der Waals surface area contributed by atoms with E-state index in [1.165, 1.54) is 17.7 Å². The number of para-hydroxylation sites is 1.